The molecule has 0 radical (unpaired) electrons. The number of fused-ring (bicyclic) bond motifs is 1. The number of hydrogen-bond acceptors (Lipinski definition) is 6. The first-order valence-electron chi connectivity index (χ1n) is 10.5. The first-order chi connectivity index (χ1) is 15.3. The number of pyridine rings is 1. The summed E-state index contributed by atoms with van der Waals surface area (Å²) in [5.41, 5.74) is -0.917. The van der Waals surface area contributed by atoms with Crippen molar-refractivity contribution in [2.75, 3.05) is 13.7 Å². The van der Waals surface area contributed by atoms with Crippen LogP contribution < -0.4 is 20.8 Å². The number of nitrogens with one attached hydrogen (secondary N) is 2. The molecule has 1 aromatic heterocycles. The SMILES string of the molecule is CCOC(=O)c1cn(CC(=O)NC(=O)NC2CCCCC2)c2cc(F)c(OC)cc2c1=O. The molecule has 1 fully saturated rings. The lowest BCUT2D eigenvalue weighted by Crippen LogP contribution is -2.46. The average molecular weight is 447 g/mol. The molecule has 3 amide bonds. The highest BCUT2D eigenvalue weighted by Gasteiger charge is 2.21. The zero-order valence-electron chi connectivity index (χ0n) is 18.0. The van der Waals surface area contributed by atoms with Crippen LogP contribution in [0.5, 0.6) is 5.75 Å². The molecule has 1 aliphatic carbocycles. The molecule has 0 bridgehead atoms. The first-order valence-corrected chi connectivity index (χ1v) is 10.5. The third-order valence-corrected chi connectivity index (χ3v) is 5.36. The highest BCUT2D eigenvalue weighted by molar-refractivity contribution is 5.97. The standard InChI is InChI=1S/C22H26FN3O6/c1-3-32-21(29)15-11-26(17-10-16(23)18(31-2)9-14(17)20(15)28)12-19(27)25-22(30)24-13-7-5-4-6-8-13/h9-11,13H,3-8,12H2,1-2H3,(H2,24,25,27,30). The van der Waals surface area contributed by atoms with E-state index in [1.54, 1.807) is 6.92 Å². The topological polar surface area (TPSA) is 116 Å². The van der Waals surface area contributed by atoms with Crippen LogP contribution in [0, 0.1) is 5.82 Å². The van der Waals surface area contributed by atoms with E-state index in [0.717, 1.165) is 44.4 Å². The minimum Gasteiger partial charge on any atom is -0.494 e. The number of carbonyl (C=O) groups is 3. The summed E-state index contributed by atoms with van der Waals surface area (Å²) in [5.74, 6) is -2.48. The van der Waals surface area contributed by atoms with Crippen LogP contribution >= 0.6 is 0 Å². The number of ether oxygens (including phenoxy) is 2. The summed E-state index contributed by atoms with van der Waals surface area (Å²) in [6.45, 7) is 1.21. The number of methoxy groups -OCH3 is 1. The van der Waals surface area contributed by atoms with Crippen LogP contribution in [0.25, 0.3) is 10.9 Å². The highest BCUT2D eigenvalue weighted by atomic mass is 19.1. The van der Waals surface area contributed by atoms with Gasteiger partial charge >= 0.3 is 12.0 Å². The maximum Gasteiger partial charge on any atom is 0.343 e. The Hall–Kier alpha value is -3.43. The van der Waals surface area contributed by atoms with Gasteiger partial charge in [0.15, 0.2) is 11.6 Å². The molecule has 1 heterocycles. The normalized spacial score (nSPS) is 14.1. The van der Waals surface area contributed by atoms with Gasteiger partial charge in [-0.3, -0.25) is 14.9 Å². The summed E-state index contributed by atoms with van der Waals surface area (Å²) in [4.78, 5) is 49.7. The van der Waals surface area contributed by atoms with E-state index < -0.39 is 35.7 Å². The van der Waals surface area contributed by atoms with Crippen molar-refractivity contribution in [2.45, 2.75) is 51.6 Å². The smallest absolute Gasteiger partial charge is 0.343 e. The van der Waals surface area contributed by atoms with Crippen molar-refractivity contribution in [3.8, 4) is 5.75 Å². The van der Waals surface area contributed by atoms with Gasteiger partial charge in [0, 0.05) is 18.3 Å². The third-order valence-electron chi connectivity index (χ3n) is 5.36. The molecular weight excluding hydrogens is 421 g/mol. The van der Waals surface area contributed by atoms with Crippen molar-refractivity contribution in [2.24, 2.45) is 0 Å². The number of esters is 1. The first kappa shape index (κ1) is 23.2. The van der Waals surface area contributed by atoms with Gasteiger partial charge in [0.25, 0.3) is 0 Å². The number of halogens is 1. The number of nitrogens with zero attached hydrogens (tertiary/aromatic N) is 1. The van der Waals surface area contributed by atoms with E-state index in [0.29, 0.717) is 0 Å². The minimum absolute atomic E-state index is 0.0155. The molecule has 1 aliphatic rings. The van der Waals surface area contributed by atoms with Crippen molar-refractivity contribution < 1.29 is 28.2 Å². The number of urea groups is 1. The number of amides is 3. The Kier molecular flexibility index (Phi) is 7.45. The molecular formula is C22H26FN3O6. The largest absolute Gasteiger partial charge is 0.494 e. The van der Waals surface area contributed by atoms with Gasteiger partial charge in [-0.05, 0) is 25.8 Å². The minimum atomic E-state index is -0.869. The lowest BCUT2D eigenvalue weighted by Gasteiger charge is -2.22. The van der Waals surface area contributed by atoms with Gasteiger partial charge in [-0.25, -0.2) is 14.0 Å². The Morgan fingerprint density at radius 1 is 1.19 bits per heavy atom. The Morgan fingerprint density at radius 2 is 1.91 bits per heavy atom. The summed E-state index contributed by atoms with van der Waals surface area (Å²) >= 11 is 0. The maximum atomic E-state index is 14.3. The van der Waals surface area contributed by atoms with Crippen molar-refractivity contribution in [1.82, 2.24) is 15.2 Å². The third kappa shape index (κ3) is 5.24. The van der Waals surface area contributed by atoms with E-state index in [9.17, 15) is 23.6 Å². The fourth-order valence-corrected chi connectivity index (χ4v) is 3.82. The predicted molar refractivity (Wildman–Crippen MR) is 114 cm³/mol. The van der Waals surface area contributed by atoms with E-state index in [-0.39, 0.29) is 34.9 Å². The lowest BCUT2D eigenvalue weighted by molar-refractivity contribution is -0.120. The Morgan fingerprint density at radius 3 is 2.56 bits per heavy atom. The molecule has 2 N–H and O–H groups in total. The van der Waals surface area contributed by atoms with Gasteiger partial charge in [0.2, 0.25) is 11.3 Å². The number of imide groups is 1. The zero-order valence-corrected chi connectivity index (χ0v) is 18.0. The van der Waals surface area contributed by atoms with Gasteiger partial charge in [-0.15, -0.1) is 0 Å². The van der Waals surface area contributed by atoms with Crippen LogP contribution in [0.15, 0.2) is 23.1 Å². The van der Waals surface area contributed by atoms with Crippen molar-refractivity contribution in [3.63, 3.8) is 0 Å². The molecule has 0 unspecified atom stereocenters. The van der Waals surface area contributed by atoms with Crippen LogP contribution in [-0.4, -0.2) is 42.2 Å². The maximum absolute atomic E-state index is 14.3. The van der Waals surface area contributed by atoms with Crippen LogP contribution in [0.1, 0.15) is 49.4 Å². The van der Waals surface area contributed by atoms with Gasteiger partial charge in [0.05, 0.1) is 24.6 Å². The summed E-state index contributed by atoms with van der Waals surface area (Å²) in [5, 5.41) is 4.99. The predicted octanol–water partition coefficient (Wildman–Crippen LogP) is 2.48. The van der Waals surface area contributed by atoms with Crippen LogP contribution in [-0.2, 0) is 16.1 Å². The molecule has 0 aliphatic heterocycles. The molecule has 0 saturated heterocycles. The molecule has 0 atom stereocenters. The Bertz CT molecular complexity index is 1090. The monoisotopic (exact) mass is 447 g/mol. The summed E-state index contributed by atoms with van der Waals surface area (Å²) < 4.78 is 25.4. The van der Waals surface area contributed by atoms with E-state index >= 15 is 0 Å². The van der Waals surface area contributed by atoms with Crippen LogP contribution in [0.4, 0.5) is 9.18 Å². The lowest BCUT2D eigenvalue weighted by atomic mass is 9.96. The van der Waals surface area contributed by atoms with E-state index in [1.807, 2.05) is 0 Å². The van der Waals surface area contributed by atoms with Crippen molar-refractivity contribution in [3.05, 3.63) is 39.9 Å². The average Bonchev–Trinajstić information content (AvgIpc) is 2.76. The molecule has 1 saturated carbocycles. The fourth-order valence-electron chi connectivity index (χ4n) is 3.82. The second-order valence-corrected chi connectivity index (χ2v) is 7.58. The highest BCUT2D eigenvalue weighted by Crippen LogP contribution is 2.23. The quantitative estimate of drug-likeness (QED) is 0.658. The second kappa shape index (κ2) is 10.3. The van der Waals surface area contributed by atoms with Gasteiger partial charge in [-0.1, -0.05) is 19.3 Å². The van der Waals surface area contributed by atoms with E-state index in [1.165, 1.54) is 17.7 Å². The molecule has 172 valence electrons. The number of benzene rings is 1. The molecule has 9 nitrogen and oxygen atoms in total. The van der Waals surface area contributed by atoms with Gasteiger partial charge < -0.3 is 19.4 Å². The number of aromatic nitrogens is 1. The van der Waals surface area contributed by atoms with Crippen molar-refractivity contribution in [1.29, 1.82) is 0 Å². The van der Waals surface area contributed by atoms with Crippen LogP contribution in [0.3, 0.4) is 0 Å². The fraction of sp³-hybridized carbons (Fsp3) is 0.455. The van der Waals surface area contributed by atoms with Gasteiger partial charge in [0.1, 0.15) is 12.1 Å². The summed E-state index contributed by atoms with van der Waals surface area (Å²) in [6, 6.07) is 1.60. The second-order valence-electron chi connectivity index (χ2n) is 7.58. The van der Waals surface area contributed by atoms with Crippen molar-refractivity contribution >= 4 is 28.8 Å². The zero-order chi connectivity index (χ0) is 23.3. The van der Waals surface area contributed by atoms with E-state index in [2.05, 4.69) is 10.6 Å². The van der Waals surface area contributed by atoms with Crippen LogP contribution in [0.2, 0.25) is 0 Å². The summed E-state index contributed by atoms with van der Waals surface area (Å²) in [7, 11) is 1.25. The number of hydrogen-bond donors (Lipinski definition) is 2. The molecule has 10 heteroatoms. The summed E-state index contributed by atoms with van der Waals surface area (Å²) in [6.07, 6.45) is 6.02. The Labute approximate surface area is 183 Å². The van der Waals surface area contributed by atoms with E-state index in [4.69, 9.17) is 9.47 Å². The Balaban J connectivity index is 1.89. The molecule has 0 spiro atoms. The number of rotatable bonds is 6. The molecule has 3 rings (SSSR count). The molecule has 32 heavy (non-hydrogen) atoms. The molecule has 2 aromatic rings. The van der Waals surface area contributed by atoms with Gasteiger partial charge in [-0.2, -0.15) is 0 Å². The number of carbonyl (C=O) groups excluding carboxylic acids is 3. The molecule has 1 aromatic carbocycles.